The van der Waals surface area contributed by atoms with E-state index in [1.807, 2.05) is 62.5 Å². The van der Waals surface area contributed by atoms with E-state index in [0.717, 1.165) is 21.8 Å². The van der Waals surface area contributed by atoms with Crippen LogP contribution in [0.4, 0.5) is 0 Å². The predicted octanol–water partition coefficient (Wildman–Crippen LogP) is 4.64. The number of rotatable bonds is 8. The highest BCUT2D eigenvalue weighted by Gasteiger charge is 2.15. The van der Waals surface area contributed by atoms with Crippen molar-refractivity contribution in [3.63, 3.8) is 0 Å². The summed E-state index contributed by atoms with van der Waals surface area (Å²) in [6.45, 7) is 6.58. The Kier molecular flexibility index (Phi) is 7.62. The fraction of sp³-hybridized carbons (Fsp3) is 0.200. The summed E-state index contributed by atoms with van der Waals surface area (Å²) in [5.74, 6) is 0.105. The number of aryl methyl sites for hydroxylation is 3. The summed E-state index contributed by atoms with van der Waals surface area (Å²) >= 11 is 1.49. The summed E-state index contributed by atoms with van der Waals surface area (Å²) in [6.07, 6.45) is 1.68. The topological polar surface area (TPSA) is 67.4 Å². The lowest BCUT2D eigenvalue weighted by atomic mass is 10.1. The van der Waals surface area contributed by atoms with Gasteiger partial charge in [0.05, 0.1) is 6.54 Å². The molecule has 1 heterocycles. The minimum Gasteiger partial charge on any atom is -0.491 e. The second-order valence-corrected chi connectivity index (χ2v) is 8.25. The molecule has 5 nitrogen and oxygen atoms in total. The van der Waals surface area contributed by atoms with Gasteiger partial charge in [0.25, 0.3) is 11.8 Å². The average Bonchev–Trinajstić information content (AvgIpc) is 3.25. The quantitative estimate of drug-likeness (QED) is 0.401. The molecule has 0 aliphatic heterocycles. The van der Waals surface area contributed by atoms with Gasteiger partial charge in [-0.3, -0.25) is 9.59 Å². The molecule has 2 N–H and O–H groups in total. The van der Waals surface area contributed by atoms with Crippen molar-refractivity contribution in [3.8, 4) is 5.75 Å². The lowest BCUT2D eigenvalue weighted by molar-refractivity contribution is -0.117. The van der Waals surface area contributed by atoms with Crippen LogP contribution in [0.15, 0.2) is 65.7 Å². The number of nitrogens with one attached hydrogen (secondary N) is 2. The third-order valence-corrected chi connectivity index (χ3v) is 5.40. The van der Waals surface area contributed by atoms with Gasteiger partial charge in [-0.25, -0.2) is 0 Å². The van der Waals surface area contributed by atoms with Crippen molar-refractivity contribution >= 4 is 29.2 Å². The first kappa shape index (κ1) is 22.3. The summed E-state index contributed by atoms with van der Waals surface area (Å²) in [5, 5.41) is 7.49. The van der Waals surface area contributed by atoms with Crippen LogP contribution in [0.25, 0.3) is 6.08 Å². The number of thiophene rings is 1. The standard InChI is InChI=1S/C25H26N2O3S/c1-17-6-4-7-20(15-17)24(28)27-22(16-21-8-5-13-31-21)25(29)26-11-12-30-23-10-9-18(2)14-19(23)3/h4-10,13-16H,11-12H2,1-3H3,(H,26,29)(H,27,28)/b22-16-. The Morgan fingerprint density at radius 1 is 1.00 bits per heavy atom. The van der Waals surface area contributed by atoms with Crippen molar-refractivity contribution in [1.29, 1.82) is 0 Å². The van der Waals surface area contributed by atoms with Gasteiger partial charge < -0.3 is 15.4 Å². The molecule has 0 saturated heterocycles. The number of hydrogen-bond acceptors (Lipinski definition) is 4. The fourth-order valence-corrected chi connectivity index (χ4v) is 3.69. The van der Waals surface area contributed by atoms with E-state index < -0.39 is 0 Å². The Bertz CT molecular complexity index is 1090. The van der Waals surface area contributed by atoms with Crippen LogP contribution in [-0.4, -0.2) is 25.0 Å². The summed E-state index contributed by atoms with van der Waals surface area (Å²) < 4.78 is 5.77. The zero-order chi connectivity index (χ0) is 22.2. The Morgan fingerprint density at radius 3 is 2.52 bits per heavy atom. The van der Waals surface area contributed by atoms with Crippen molar-refractivity contribution < 1.29 is 14.3 Å². The van der Waals surface area contributed by atoms with E-state index in [1.165, 1.54) is 16.9 Å². The van der Waals surface area contributed by atoms with Gasteiger partial charge in [-0.05, 0) is 62.1 Å². The minimum atomic E-state index is -0.362. The molecule has 0 aliphatic rings. The maximum atomic E-state index is 12.8. The summed E-state index contributed by atoms with van der Waals surface area (Å²) in [7, 11) is 0. The van der Waals surface area contributed by atoms with Crippen LogP contribution < -0.4 is 15.4 Å². The van der Waals surface area contributed by atoms with Crippen LogP contribution in [0.2, 0.25) is 0 Å². The molecule has 3 rings (SSSR count). The molecule has 6 heteroatoms. The molecule has 0 bridgehead atoms. The number of carbonyl (C=O) groups excluding carboxylic acids is 2. The van der Waals surface area contributed by atoms with Crippen LogP contribution in [0.1, 0.15) is 31.9 Å². The van der Waals surface area contributed by atoms with Gasteiger partial charge in [0.2, 0.25) is 0 Å². The Balaban J connectivity index is 1.63. The van der Waals surface area contributed by atoms with E-state index in [-0.39, 0.29) is 17.5 Å². The summed E-state index contributed by atoms with van der Waals surface area (Å²) in [4.78, 5) is 26.3. The Hall–Kier alpha value is -3.38. The monoisotopic (exact) mass is 434 g/mol. The highest BCUT2D eigenvalue weighted by molar-refractivity contribution is 7.10. The molecule has 2 amide bonds. The van der Waals surface area contributed by atoms with Crippen molar-refractivity contribution in [2.24, 2.45) is 0 Å². The Labute approximate surface area is 186 Å². The molecular formula is C25H26N2O3S. The highest BCUT2D eigenvalue weighted by atomic mass is 32.1. The van der Waals surface area contributed by atoms with E-state index in [0.29, 0.717) is 18.7 Å². The number of carbonyl (C=O) groups is 2. The molecule has 0 saturated carbocycles. The molecule has 0 unspecified atom stereocenters. The second kappa shape index (κ2) is 10.6. The van der Waals surface area contributed by atoms with Crippen LogP contribution in [-0.2, 0) is 4.79 Å². The first-order valence-electron chi connectivity index (χ1n) is 10.0. The van der Waals surface area contributed by atoms with Crippen molar-refractivity contribution in [2.75, 3.05) is 13.2 Å². The molecule has 160 valence electrons. The van der Waals surface area contributed by atoms with Gasteiger partial charge >= 0.3 is 0 Å². The second-order valence-electron chi connectivity index (χ2n) is 7.27. The first-order valence-corrected chi connectivity index (χ1v) is 10.9. The normalized spacial score (nSPS) is 11.1. The molecule has 0 spiro atoms. The lowest BCUT2D eigenvalue weighted by Crippen LogP contribution is -2.36. The molecule has 0 radical (unpaired) electrons. The molecule has 31 heavy (non-hydrogen) atoms. The molecule has 3 aromatic rings. The largest absolute Gasteiger partial charge is 0.491 e. The van der Waals surface area contributed by atoms with Gasteiger partial charge in [-0.1, -0.05) is 41.5 Å². The van der Waals surface area contributed by atoms with E-state index in [2.05, 4.69) is 16.7 Å². The molecule has 2 aromatic carbocycles. The van der Waals surface area contributed by atoms with E-state index >= 15 is 0 Å². The fourth-order valence-electron chi connectivity index (χ4n) is 3.04. The third-order valence-electron chi connectivity index (χ3n) is 4.58. The van der Waals surface area contributed by atoms with Gasteiger partial charge in [0.1, 0.15) is 18.1 Å². The van der Waals surface area contributed by atoms with E-state index in [9.17, 15) is 9.59 Å². The Morgan fingerprint density at radius 2 is 1.81 bits per heavy atom. The highest BCUT2D eigenvalue weighted by Crippen LogP contribution is 2.18. The third kappa shape index (κ3) is 6.55. The maximum absolute atomic E-state index is 12.8. The maximum Gasteiger partial charge on any atom is 0.267 e. The zero-order valence-electron chi connectivity index (χ0n) is 17.9. The number of hydrogen-bond donors (Lipinski definition) is 2. The summed E-state index contributed by atoms with van der Waals surface area (Å²) in [5.41, 5.74) is 3.90. The van der Waals surface area contributed by atoms with E-state index in [4.69, 9.17) is 4.74 Å². The SMILES string of the molecule is Cc1cccc(C(=O)N/C(=C\c2cccs2)C(=O)NCCOc2ccc(C)cc2C)c1. The van der Waals surface area contributed by atoms with Crippen LogP contribution >= 0.6 is 11.3 Å². The molecule has 0 fully saturated rings. The van der Waals surface area contributed by atoms with Crippen LogP contribution in [0.5, 0.6) is 5.75 Å². The first-order chi connectivity index (χ1) is 14.9. The van der Waals surface area contributed by atoms with Crippen molar-refractivity contribution in [1.82, 2.24) is 10.6 Å². The van der Waals surface area contributed by atoms with E-state index in [1.54, 1.807) is 18.2 Å². The smallest absolute Gasteiger partial charge is 0.267 e. The average molecular weight is 435 g/mol. The van der Waals surface area contributed by atoms with Gasteiger partial charge in [0.15, 0.2) is 0 Å². The zero-order valence-corrected chi connectivity index (χ0v) is 18.7. The lowest BCUT2D eigenvalue weighted by Gasteiger charge is -2.13. The molecule has 0 atom stereocenters. The van der Waals surface area contributed by atoms with Gasteiger partial charge in [0, 0.05) is 10.4 Å². The molecule has 1 aromatic heterocycles. The predicted molar refractivity (Wildman–Crippen MR) is 125 cm³/mol. The molecular weight excluding hydrogens is 408 g/mol. The number of ether oxygens (including phenoxy) is 1. The summed E-state index contributed by atoms with van der Waals surface area (Å²) in [6, 6.07) is 17.0. The van der Waals surface area contributed by atoms with Crippen molar-refractivity contribution in [2.45, 2.75) is 20.8 Å². The number of benzene rings is 2. The number of amides is 2. The minimum absolute atomic E-state index is 0.195. The van der Waals surface area contributed by atoms with Gasteiger partial charge in [-0.15, -0.1) is 11.3 Å². The van der Waals surface area contributed by atoms with Crippen LogP contribution in [0, 0.1) is 20.8 Å². The van der Waals surface area contributed by atoms with Crippen molar-refractivity contribution in [3.05, 3.63) is 92.8 Å². The molecule has 0 aliphatic carbocycles. The van der Waals surface area contributed by atoms with Gasteiger partial charge in [-0.2, -0.15) is 0 Å². The van der Waals surface area contributed by atoms with Crippen LogP contribution in [0.3, 0.4) is 0 Å².